The number of carboxylic acids is 1. The number of nitrogens with one attached hydrogen (secondary N) is 1. The largest absolute Gasteiger partial charge is 0.481 e. The summed E-state index contributed by atoms with van der Waals surface area (Å²) < 4.78 is 11.9. The molecule has 0 aromatic carbocycles. The van der Waals surface area contributed by atoms with Crippen LogP contribution in [0.1, 0.15) is 13.3 Å². The summed E-state index contributed by atoms with van der Waals surface area (Å²) in [4.78, 5) is 9.00. The maximum Gasteiger partial charge on any atom is 0.300 e. The van der Waals surface area contributed by atoms with Crippen LogP contribution in [0.15, 0.2) is 0 Å². The average Bonchev–Trinajstić information content (AvgIpc) is 2.15. The Morgan fingerprint density at radius 1 is 1.80 bits per heavy atom. The number of carbonyl (C=O) groups is 1. The molecule has 1 unspecified atom stereocenters. The lowest BCUT2D eigenvalue weighted by Gasteiger charge is -1.86. The highest BCUT2D eigenvalue weighted by Gasteiger charge is 2.10. The zero-order valence-corrected chi connectivity index (χ0v) is 5.93. The summed E-state index contributed by atoms with van der Waals surface area (Å²) in [5.74, 6) is -0.833. The van der Waals surface area contributed by atoms with Gasteiger partial charge in [-0.15, -0.1) is 0 Å². The van der Waals surface area contributed by atoms with E-state index >= 15 is 0 Å². The molecule has 10 heavy (non-hydrogen) atoms. The normalized spacial score (nSPS) is 23.2. The van der Waals surface area contributed by atoms with Crippen molar-refractivity contribution in [1.82, 2.24) is 5.32 Å². The minimum atomic E-state index is -0.833. The first kappa shape index (κ1) is 9.36. The first-order valence-corrected chi connectivity index (χ1v) is 3.17. The van der Waals surface area contributed by atoms with Gasteiger partial charge in [0.05, 0.1) is 0 Å². The molecule has 0 amide bonds. The van der Waals surface area contributed by atoms with Crippen molar-refractivity contribution in [3.8, 4) is 0 Å². The predicted molar refractivity (Wildman–Crippen MR) is 35.7 cm³/mol. The molecule has 1 atom stereocenters. The van der Waals surface area contributed by atoms with Gasteiger partial charge in [-0.3, -0.25) is 4.79 Å². The van der Waals surface area contributed by atoms with Crippen LogP contribution in [0, 0.1) is 0 Å². The SMILES string of the molecule is CC(=O)O.FC1CCNC1. The van der Waals surface area contributed by atoms with Crippen LogP contribution in [0.5, 0.6) is 0 Å². The van der Waals surface area contributed by atoms with Crippen LogP contribution in [0.3, 0.4) is 0 Å². The van der Waals surface area contributed by atoms with E-state index in [-0.39, 0.29) is 0 Å². The lowest BCUT2D eigenvalue weighted by atomic mass is 10.4. The van der Waals surface area contributed by atoms with Gasteiger partial charge in [-0.05, 0) is 13.0 Å². The molecule has 1 fully saturated rings. The minimum Gasteiger partial charge on any atom is -0.481 e. The smallest absolute Gasteiger partial charge is 0.300 e. The van der Waals surface area contributed by atoms with Gasteiger partial charge >= 0.3 is 0 Å². The molecule has 0 aromatic rings. The summed E-state index contributed by atoms with van der Waals surface area (Å²) in [5, 5.41) is 10.3. The summed E-state index contributed by atoms with van der Waals surface area (Å²) in [6.07, 6.45) is 0.144. The van der Waals surface area contributed by atoms with Gasteiger partial charge in [-0.25, -0.2) is 4.39 Å². The second-order valence-electron chi connectivity index (χ2n) is 2.11. The van der Waals surface area contributed by atoms with E-state index in [2.05, 4.69) is 5.32 Å². The third-order valence-electron chi connectivity index (χ3n) is 1.00. The molecule has 1 aliphatic heterocycles. The maximum absolute atomic E-state index is 11.9. The number of hydrogen-bond donors (Lipinski definition) is 2. The number of rotatable bonds is 0. The Labute approximate surface area is 59.2 Å². The number of halogens is 1. The van der Waals surface area contributed by atoms with Crippen molar-refractivity contribution in [1.29, 1.82) is 0 Å². The van der Waals surface area contributed by atoms with Crippen LogP contribution in [-0.4, -0.2) is 30.3 Å². The molecule has 0 aliphatic carbocycles. The van der Waals surface area contributed by atoms with E-state index in [0.29, 0.717) is 13.0 Å². The highest BCUT2D eigenvalue weighted by molar-refractivity contribution is 5.62. The fourth-order valence-electron chi connectivity index (χ4n) is 0.619. The van der Waals surface area contributed by atoms with E-state index in [1.165, 1.54) is 0 Å². The Hall–Kier alpha value is -0.640. The van der Waals surface area contributed by atoms with E-state index in [9.17, 15) is 4.39 Å². The molecule has 0 saturated carbocycles. The van der Waals surface area contributed by atoms with Crippen LogP contribution in [0.2, 0.25) is 0 Å². The van der Waals surface area contributed by atoms with E-state index in [0.717, 1.165) is 13.5 Å². The summed E-state index contributed by atoms with van der Waals surface area (Å²) in [6, 6.07) is 0. The summed E-state index contributed by atoms with van der Waals surface area (Å²) >= 11 is 0. The topological polar surface area (TPSA) is 49.3 Å². The Balaban J connectivity index is 0.000000180. The molecule has 0 radical (unpaired) electrons. The van der Waals surface area contributed by atoms with Gasteiger partial charge in [0, 0.05) is 13.5 Å². The van der Waals surface area contributed by atoms with Crippen molar-refractivity contribution < 1.29 is 14.3 Å². The van der Waals surface area contributed by atoms with E-state index < -0.39 is 12.1 Å². The molecular weight excluding hydrogens is 137 g/mol. The van der Waals surface area contributed by atoms with Crippen molar-refractivity contribution >= 4 is 5.97 Å². The molecule has 60 valence electrons. The highest BCUT2D eigenvalue weighted by atomic mass is 19.1. The molecule has 0 aromatic heterocycles. The molecule has 2 N–H and O–H groups in total. The molecule has 4 heteroatoms. The van der Waals surface area contributed by atoms with Gasteiger partial charge in [-0.2, -0.15) is 0 Å². The van der Waals surface area contributed by atoms with E-state index in [1.807, 2.05) is 0 Å². The van der Waals surface area contributed by atoms with Crippen LogP contribution in [-0.2, 0) is 4.79 Å². The third-order valence-corrected chi connectivity index (χ3v) is 1.00. The fourth-order valence-corrected chi connectivity index (χ4v) is 0.619. The van der Waals surface area contributed by atoms with Crippen molar-refractivity contribution in [3.63, 3.8) is 0 Å². The maximum atomic E-state index is 11.9. The second-order valence-corrected chi connectivity index (χ2v) is 2.11. The lowest BCUT2D eigenvalue weighted by molar-refractivity contribution is -0.134. The highest BCUT2D eigenvalue weighted by Crippen LogP contribution is 1.99. The summed E-state index contributed by atoms with van der Waals surface area (Å²) in [5.41, 5.74) is 0. The molecular formula is C6H12FNO2. The third kappa shape index (κ3) is 7.36. The first-order chi connectivity index (χ1) is 4.63. The zero-order valence-electron chi connectivity index (χ0n) is 5.93. The molecule has 1 saturated heterocycles. The van der Waals surface area contributed by atoms with Crippen LogP contribution in [0.25, 0.3) is 0 Å². The Morgan fingerprint density at radius 3 is 2.40 bits per heavy atom. The van der Waals surface area contributed by atoms with Gasteiger partial charge < -0.3 is 10.4 Å². The van der Waals surface area contributed by atoms with Crippen LogP contribution < -0.4 is 5.32 Å². The van der Waals surface area contributed by atoms with Gasteiger partial charge in [0.15, 0.2) is 0 Å². The van der Waals surface area contributed by atoms with Crippen LogP contribution >= 0.6 is 0 Å². The quantitative estimate of drug-likeness (QED) is 0.524. The van der Waals surface area contributed by atoms with Crippen molar-refractivity contribution in [2.45, 2.75) is 19.5 Å². The molecule has 0 spiro atoms. The second kappa shape index (κ2) is 5.17. The number of hydrogen-bond acceptors (Lipinski definition) is 2. The minimum absolute atomic E-state index is 0.565. The van der Waals surface area contributed by atoms with Gasteiger partial charge in [0.1, 0.15) is 6.17 Å². The first-order valence-electron chi connectivity index (χ1n) is 3.17. The molecule has 1 aliphatic rings. The number of aliphatic carboxylic acids is 1. The van der Waals surface area contributed by atoms with Gasteiger partial charge in [0.25, 0.3) is 5.97 Å². The van der Waals surface area contributed by atoms with E-state index in [1.54, 1.807) is 0 Å². The monoisotopic (exact) mass is 149 g/mol. The molecule has 3 nitrogen and oxygen atoms in total. The van der Waals surface area contributed by atoms with Crippen LogP contribution in [0.4, 0.5) is 4.39 Å². The van der Waals surface area contributed by atoms with Crippen molar-refractivity contribution in [2.75, 3.05) is 13.1 Å². The van der Waals surface area contributed by atoms with Crippen molar-refractivity contribution in [3.05, 3.63) is 0 Å². The van der Waals surface area contributed by atoms with Gasteiger partial charge in [-0.1, -0.05) is 0 Å². The Kier molecular flexibility index (Phi) is 4.84. The summed E-state index contributed by atoms with van der Waals surface area (Å²) in [7, 11) is 0. The Morgan fingerprint density at radius 2 is 2.30 bits per heavy atom. The lowest BCUT2D eigenvalue weighted by Crippen LogP contribution is -2.08. The average molecular weight is 149 g/mol. The zero-order chi connectivity index (χ0) is 7.98. The standard InChI is InChI=1S/C4H8FN.C2H4O2/c5-4-1-2-6-3-4;1-2(3)4/h4,6H,1-3H2;1H3,(H,3,4). The fraction of sp³-hybridized carbons (Fsp3) is 0.833. The predicted octanol–water partition coefficient (Wildman–Crippen LogP) is 0.409. The summed E-state index contributed by atoms with van der Waals surface area (Å²) in [6.45, 7) is 2.52. The molecule has 0 bridgehead atoms. The number of alkyl halides is 1. The molecule has 1 rings (SSSR count). The number of carboxylic acid groups (broad SMARTS) is 1. The van der Waals surface area contributed by atoms with Gasteiger partial charge in [0.2, 0.25) is 0 Å². The Bertz CT molecular complexity index is 97.9. The van der Waals surface area contributed by atoms with Crippen molar-refractivity contribution in [2.24, 2.45) is 0 Å². The van der Waals surface area contributed by atoms with E-state index in [4.69, 9.17) is 9.90 Å². The molecule has 1 heterocycles.